The Bertz CT molecular complexity index is 264. The predicted octanol–water partition coefficient (Wildman–Crippen LogP) is 0.818. The molecule has 2 aliphatic heterocycles. The number of aliphatic hydroxyl groups excluding tert-OH is 1. The van der Waals surface area contributed by atoms with Crippen molar-refractivity contribution < 1.29 is 14.6 Å². The first-order valence-electron chi connectivity index (χ1n) is 8.47. The first kappa shape index (κ1) is 17.2. The number of rotatable bonds is 9. The van der Waals surface area contributed by atoms with Crippen molar-refractivity contribution in [3.63, 3.8) is 0 Å². The monoisotopic (exact) mass is 300 g/mol. The molecular formula is C16H32N2O3. The van der Waals surface area contributed by atoms with E-state index in [0.29, 0.717) is 19.8 Å². The third-order valence-corrected chi connectivity index (χ3v) is 4.63. The van der Waals surface area contributed by atoms with Gasteiger partial charge in [-0.3, -0.25) is 0 Å². The van der Waals surface area contributed by atoms with Crippen LogP contribution < -0.4 is 0 Å². The summed E-state index contributed by atoms with van der Waals surface area (Å²) in [5, 5.41) is 9.98. The van der Waals surface area contributed by atoms with Gasteiger partial charge in [0, 0.05) is 20.2 Å². The van der Waals surface area contributed by atoms with Crippen LogP contribution in [0.2, 0.25) is 0 Å². The molecule has 0 amide bonds. The van der Waals surface area contributed by atoms with Crippen LogP contribution in [0.1, 0.15) is 25.7 Å². The van der Waals surface area contributed by atoms with E-state index in [0.717, 1.165) is 25.6 Å². The van der Waals surface area contributed by atoms with Gasteiger partial charge in [-0.25, -0.2) is 0 Å². The molecule has 5 nitrogen and oxygen atoms in total. The first-order chi connectivity index (χ1) is 10.3. The summed E-state index contributed by atoms with van der Waals surface area (Å²) in [5.74, 6) is 0.856. The third kappa shape index (κ3) is 6.61. The molecule has 0 saturated carbocycles. The smallest absolute Gasteiger partial charge is 0.0900 e. The van der Waals surface area contributed by atoms with Gasteiger partial charge in [0.05, 0.1) is 25.9 Å². The summed E-state index contributed by atoms with van der Waals surface area (Å²) in [5.41, 5.74) is 0. The minimum Gasteiger partial charge on any atom is -0.389 e. The SMILES string of the molecule is COCCOCC(O)CN1CCC(CN2CCCC2)CC1. The first-order valence-corrected chi connectivity index (χ1v) is 8.47. The molecular weight excluding hydrogens is 268 g/mol. The highest BCUT2D eigenvalue weighted by atomic mass is 16.5. The average Bonchev–Trinajstić information content (AvgIpc) is 2.99. The Hall–Kier alpha value is -0.200. The van der Waals surface area contributed by atoms with Crippen molar-refractivity contribution >= 4 is 0 Å². The maximum absolute atomic E-state index is 9.98. The second kappa shape index (κ2) is 9.74. The number of hydrogen-bond donors (Lipinski definition) is 1. The van der Waals surface area contributed by atoms with Gasteiger partial charge in [0.2, 0.25) is 0 Å². The summed E-state index contributed by atoms with van der Waals surface area (Å²) >= 11 is 0. The fourth-order valence-corrected chi connectivity index (χ4v) is 3.39. The number of hydrogen-bond acceptors (Lipinski definition) is 5. The zero-order valence-corrected chi connectivity index (χ0v) is 13.5. The largest absolute Gasteiger partial charge is 0.389 e. The van der Waals surface area contributed by atoms with Crippen molar-refractivity contribution in [1.29, 1.82) is 0 Å². The quantitative estimate of drug-likeness (QED) is 0.639. The van der Waals surface area contributed by atoms with Gasteiger partial charge in [-0.1, -0.05) is 0 Å². The molecule has 2 aliphatic rings. The maximum Gasteiger partial charge on any atom is 0.0900 e. The highest BCUT2D eigenvalue weighted by molar-refractivity contribution is 4.78. The van der Waals surface area contributed by atoms with Gasteiger partial charge in [-0.15, -0.1) is 0 Å². The maximum atomic E-state index is 9.98. The Kier molecular flexibility index (Phi) is 7.96. The van der Waals surface area contributed by atoms with Gasteiger partial charge in [0.1, 0.15) is 0 Å². The molecule has 1 N–H and O–H groups in total. The molecule has 2 heterocycles. The Balaban J connectivity index is 1.53. The molecule has 0 bridgehead atoms. The standard InChI is InChI=1S/C16H32N2O3/c1-20-10-11-21-14-16(19)13-18-8-4-15(5-9-18)12-17-6-2-3-7-17/h15-16,19H,2-14H2,1H3. The van der Waals surface area contributed by atoms with E-state index < -0.39 is 0 Å². The van der Waals surface area contributed by atoms with Crippen LogP contribution in [0.25, 0.3) is 0 Å². The van der Waals surface area contributed by atoms with Gasteiger partial charge in [0.25, 0.3) is 0 Å². The van der Waals surface area contributed by atoms with E-state index in [-0.39, 0.29) is 6.10 Å². The fourth-order valence-electron chi connectivity index (χ4n) is 3.39. The fraction of sp³-hybridized carbons (Fsp3) is 1.00. The van der Waals surface area contributed by atoms with Crippen molar-refractivity contribution in [2.75, 3.05) is 66.2 Å². The summed E-state index contributed by atoms with van der Waals surface area (Å²) in [6.07, 6.45) is 4.93. The lowest BCUT2D eigenvalue weighted by atomic mass is 9.96. The zero-order chi connectivity index (χ0) is 14.9. The van der Waals surface area contributed by atoms with Gasteiger partial charge in [-0.05, 0) is 57.8 Å². The molecule has 1 unspecified atom stereocenters. The van der Waals surface area contributed by atoms with E-state index in [2.05, 4.69) is 9.80 Å². The van der Waals surface area contributed by atoms with E-state index in [9.17, 15) is 5.11 Å². The van der Waals surface area contributed by atoms with Crippen LogP contribution in [0.4, 0.5) is 0 Å². The highest BCUT2D eigenvalue weighted by Crippen LogP contribution is 2.20. The van der Waals surface area contributed by atoms with E-state index in [1.807, 2.05) is 0 Å². The van der Waals surface area contributed by atoms with Crippen LogP contribution >= 0.6 is 0 Å². The number of β-amino-alcohol motifs (C(OH)–C–C–N with tert-alkyl or cyclic N) is 1. The second-order valence-electron chi connectivity index (χ2n) is 6.47. The second-order valence-corrected chi connectivity index (χ2v) is 6.47. The molecule has 0 radical (unpaired) electrons. The normalized spacial score (nSPS) is 23.7. The number of piperidine rings is 1. The lowest BCUT2D eigenvalue weighted by molar-refractivity contribution is -0.00522. The minimum atomic E-state index is -0.378. The van der Waals surface area contributed by atoms with Gasteiger partial charge < -0.3 is 24.4 Å². The molecule has 1 atom stereocenters. The number of aliphatic hydroxyl groups is 1. The molecule has 124 valence electrons. The summed E-state index contributed by atoms with van der Waals surface area (Å²) in [4.78, 5) is 5.00. The molecule has 0 spiro atoms. The van der Waals surface area contributed by atoms with Crippen LogP contribution in [0.5, 0.6) is 0 Å². The number of methoxy groups -OCH3 is 1. The molecule has 0 aromatic rings. The summed E-state index contributed by atoms with van der Waals surface area (Å²) in [7, 11) is 1.66. The average molecular weight is 300 g/mol. The molecule has 5 heteroatoms. The third-order valence-electron chi connectivity index (χ3n) is 4.63. The molecule has 0 aromatic carbocycles. The minimum absolute atomic E-state index is 0.378. The zero-order valence-electron chi connectivity index (χ0n) is 13.5. The van der Waals surface area contributed by atoms with E-state index in [4.69, 9.17) is 9.47 Å². The van der Waals surface area contributed by atoms with Crippen LogP contribution in [-0.4, -0.2) is 87.2 Å². The van der Waals surface area contributed by atoms with Crippen LogP contribution in [-0.2, 0) is 9.47 Å². The van der Waals surface area contributed by atoms with Crippen molar-refractivity contribution in [3.8, 4) is 0 Å². The molecule has 2 saturated heterocycles. The van der Waals surface area contributed by atoms with Crippen molar-refractivity contribution in [3.05, 3.63) is 0 Å². The molecule has 2 rings (SSSR count). The van der Waals surface area contributed by atoms with Gasteiger partial charge in [0.15, 0.2) is 0 Å². The number of ether oxygens (including phenoxy) is 2. The van der Waals surface area contributed by atoms with E-state index in [1.165, 1.54) is 45.3 Å². The Labute approximate surface area is 129 Å². The van der Waals surface area contributed by atoms with Crippen molar-refractivity contribution in [1.82, 2.24) is 9.80 Å². The molecule has 0 aromatic heterocycles. The Morgan fingerprint density at radius 3 is 2.43 bits per heavy atom. The molecule has 21 heavy (non-hydrogen) atoms. The van der Waals surface area contributed by atoms with Gasteiger partial charge in [-0.2, -0.15) is 0 Å². The van der Waals surface area contributed by atoms with Crippen LogP contribution in [0, 0.1) is 5.92 Å². The van der Waals surface area contributed by atoms with Crippen molar-refractivity contribution in [2.45, 2.75) is 31.8 Å². The summed E-state index contributed by atoms with van der Waals surface area (Å²) < 4.78 is 10.3. The van der Waals surface area contributed by atoms with Crippen LogP contribution in [0.15, 0.2) is 0 Å². The highest BCUT2D eigenvalue weighted by Gasteiger charge is 2.23. The van der Waals surface area contributed by atoms with Crippen LogP contribution in [0.3, 0.4) is 0 Å². The number of nitrogens with zero attached hydrogens (tertiary/aromatic N) is 2. The van der Waals surface area contributed by atoms with Gasteiger partial charge >= 0.3 is 0 Å². The van der Waals surface area contributed by atoms with Crippen molar-refractivity contribution in [2.24, 2.45) is 5.92 Å². The summed E-state index contributed by atoms with van der Waals surface area (Å²) in [6, 6.07) is 0. The Morgan fingerprint density at radius 1 is 1.05 bits per heavy atom. The Morgan fingerprint density at radius 2 is 1.76 bits per heavy atom. The topological polar surface area (TPSA) is 45.2 Å². The summed E-state index contributed by atoms with van der Waals surface area (Å²) in [6.45, 7) is 8.44. The lowest BCUT2D eigenvalue weighted by Gasteiger charge is -2.34. The lowest BCUT2D eigenvalue weighted by Crippen LogP contribution is -2.42. The molecule has 2 fully saturated rings. The number of likely N-dealkylation sites (tertiary alicyclic amines) is 2. The van der Waals surface area contributed by atoms with E-state index >= 15 is 0 Å². The molecule has 0 aliphatic carbocycles. The predicted molar refractivity (Wildman–Crippen MR) is 83.5 cm³/mol. The van der Waals surface area contributed by atoms with E-state index in [1.54, 1.807) is 7.11 Å².